The molecule has 3 heteroatoms. The summed E-state index contributed by atoms with van der Waals surface area (Å²) in [5.74, 6) is 0.316. The molecule has 1 atom stereocenters. The van der Waals surface area contributed by atoms with Gasteiger partial charge < -0.3 is 10.2 Å². The molecule has 0 saturated heterocycles. The van der Waals surface area contributed by atoms with E-state index in [1.54, 1.807) is 6.92 Å². The van der Waals surface area contributed by atoms with Gasteiger partial charge >= 0.3 is 0 Å². The van der Waals surface area contributed by atoms with Crippen LogP contribution in [-0.4, -0.2) is 16.3 Å². The fourth-order valence-corrected chi connectivity index (χ4v) is 2.01. The summed E-state index contributed by atoms with van der Waals surface area (Å²) in [6, 6.07) is 3.75. The van der Waals surface area contributed by atoms with Gasteiger partial charge in [0.05, 0.1) is 6.10 Å². The molecule has 0 aliphatic rings. The highest BCUT2D eigenvalue weighted by Crippen LogP contribution is 2.28. The fourth-order valence-electron chi connectivity index (χ4n) is 1.46. The molecule has 0 fully saturated rings. The molecule has 0 aromatic heterocycles. The lowest BCUT2D eigenvalue weighted by Gasteiger charge is -2.11. The van der Waals surface area contributed by atoms with Gasteiger partial charge in [-0.1, -0.05) is 22.9 Å². The van der Waals surface area contributed by atoms with Crippen LogP contribution in [0.2, 0.25) is 0 Å². The number of hydrogen-bond acceptors (Lipinski definition) is 2. The van der Waals surface area contributed by atoms with Crippen molar-refractivity contribution in [1.29, 1.82) is 0 Å². The van der Waals surface area contributed by atoms with E-state index >= 15 is 0 Å². The van der Waals surface area contributed by atoms with Crippen LogP contribution in [0.1, 0.15) is 25.0 Å². The number of phenols is 1. The Bertz CT molecular complexity index is 321. The second-order valence-electron chi connectivity index (χ2n) is 3.48. The number of aliphatic hydroxyl groups excluding tert-OH is 1. The van der Waals surface area contributed by atoms with Crippen molar-refractivity contribution in [3.8, 4) is 5.75 Å². The van der Waals surface area contributed by atoms with Crippen LogP contribution >= 0.6 is 15.9 Å². The Labute approximate surface area is 92.7 Å². The minimum atomic E-state index is -0.431. The molecule has 0 spiro atoms. The van der Waals surface area contributed by atoms with Gasteiger partial charge in [0.25, 0.3) is 0 Å². The Kier molecular flexibility index (Phi) is 3.96. The van der Waals surface area contributed by atoms with Gasteiger partial charge in [-0.15, -0.1) is 0 Å². The lowest BCUT2D eigenvalue weighted by molar-refractivity contribution is 0.194. The van der Waals surface area contributed by atoms with E-state index in [1.807, 2.05) is 19.1 Å². The highest BCUT2D eigenvalue weighted by atomic mass is 79.9. The molecular weight excluding hydrogens is 244 g/mol. The van der Waals surface area contributed by atoms with Crippen molar-refractivity contribution in [3.05, 3.63) is 27.7 Å². The zero-order valence-electron chi connectivity index (χ0n) is 8.42. The maximum atomic E-state index is 9.83. The second-order valence-corrected chi connectivity index (χ2v) is 4.40. The third kappa shape index (κ3) is 2.72. The Morgan fingerprint density at radius 1 is 1.36 bits per heavy atom. The summed E-state index contributed by atoms with van der Waals surface area (Å²) >= 11 is 3.39. The Morgan fingerprint density at radius 3 is 2.43 bits per heavy atom. The number of aryl methyl sites for hydroxylation is 1. The van der Waals surface area contributed by atoms with E-state index in [0.717, 1.165) is 22.0 Å². The van der Waals surface area contributed by atoms with Crippen LogP contribution in [-0.2, 0) is 12.8 Å². The van der Waals surface area contributed by atoms with Gasteiger partial charge in [0.15, 0.2) is 0 Å². The first-order valence-electron chi connectivity index (χ1n) is 4.73. The Balaban J connectivity index is 3.08. The third-order valence-corrected chi connectivity index (χ3v) is 2.59. The van der Waals surface area contributed by atoms with E-state index in [2.05, 4.69) is 15.9 Å². The third-order valence-electron chi connectivity index (χ3n) is 2.13. The maximum Gasteiger partial charge on any atom is 0.122 e. The maximum absolute atomic E-state index is 9.83. The smallest absolute Gasteiger partial charge is 0.122 e. The largest absolute Gasteiger partial charge is 0.507 e. The zero-order chi connectivity index (χ0) is 10.7. The summed E-state index contributed by atoms with van der Waals surface area (Å²) in [5.41, 5.74) is 1.71. The summed E-state index contributed by atoms with van der Waals surface area (Å²) in [4.78, 5) is 0. The molecular formula is C11H15BrO2. The summed E-state index contributed by atoms with van der Waals surface area (Å²) < 4.78 is 0.947. The number of rotatable bonds is 3. The number of aromatic hydroxyl groups is 1. The molecule has 0 radical (unpaired) electrons. The molecule has 1 aromatic rings. The van der Waals surface area contributed by atoms with Crippen LogP contribution in [0, 0.1) is 0 Å². The van der Waals surface area contributed by atoms with Crippen molar-refractivity contribution in [2.24, 2.45) is 0 Å². The molecule has 14 heavy (non-hydrogen) atoms. The van der Waals surface area contributed by atoms with Crippen LogP contribution in [0.4, 0.5) is 0 Å². The average molecular weight is 259 g/mol. The Morgan fingerprint density at radius 2 is 1.93 bits per heavy atom. The molecule has 1 rings (SSSR count). The first kappa shape index (κ1) is 11.5. The predicted octanol–water partition coefficient (Wildman–Crippen LogP) is 2.64. The van der Waals surface area contributed by atoms with E-state index in [0.29, 0.717) is 12.2 Å². The first-order valence-corrected chi connectivity index (χ1v) is 5.52. The summed E-state index contributed by atoms with van der Waals surface area (Å²) in [6.45, 7) is 3.71. The van der Waals surface area contributed by atoms with Crippen molar-refractivity contribution in [2.45, 2.75) is 32.8 Å². The summed E-state index contributed by atoms with van der Waals surface area (Å²) in [5, 5.41) is 19.1. The van der Waals surface area contributed by atoms with Crippen LogP contribution in [0.5, 0.6) is 5.75 Å². The van der Waals surface area contributed by atoms with Crippen LogP contribution in [0.15, 0.2) is 16.6 Å². The van der Waals surface area contributed by atoms with E-state index < -0.39 is 6.10 Å². The quantitative estimate of drug-likeness (QED) is 0.876. The monoisotopic (exact) mass is 258 g/mol. The van der Waals surface area contributed by atoms with Crippen molar-refractivity contribution in [3.63, 3.8) is 0 Å². The minimum Gasteiger partial charge on any atom is -0.507 e. The summed E-state index contributed by atoms with van der Waals surface area (Å²) in [6.07, 6.45) is 0.844. The van der Waals surface area contributed by atoms with Crippen molar-refractivity contribution < 1.29 is 10.2 Å². The molecule has 0 bridgehead atoms. The fraction of sp³-hybridized carbons (Fsp3) is 0.455. The zero-order valence-corrected chi connectivity index (χ0v) is 10.0. The van der Waals surface area contributed by atoms with Crippen molar-refractivity contribution in [1.82, 2.24) is 0 Å². The highest BCUT2D eigenvalue weighted by Gasteiger charge is 2.09. The van der Waals surface area contributed by atoms with Gasteiger partial charge in [0.2, 0.25) is 0 Å². The van der Waals surface area contributed by atoms with E-state index in [4.69, 9.17) is 0 Å². The van der Waals surface area contributed by atoms with Gasteiger partial charge in [-0.25, -0.2) is 0 Å². The molecule has 0 aliphatic heterocycles. The van der Waals surface area contributed by atoms with Crippen molar-refractivity contribution in [2.75, 3.05) is 0 Å². The molecule has 2 N–H and O–H groups in total. The van der Waals surface area contributed by atoms with Gasteiger partial charge in [-0.05, 0) is 36.6 Å². The molecule has 0 saturated carbocycles. The van der Waals surface area contributed by atoms with Crippen molar-refractivity contribution >= 4 is 15.9 Å². The Hall–Kier alpha value is -0.540. The highest BCUT2D eigenvalue weighted by molar-refractivity contribution is 9.10. The molecule has 1 aromatic carbocycles. The van der Waals surface area contributed by atoms with Gasteiger partial charge in [-0.2, -0.15) is 0 Å². The van der Waals surface area contributed by atoms with Gasteiger partial charge in [0.1, 0.15) is 5.75 Å². The lowest BCUT2D eigenvalue weighted by Crippen LogP contribution is -2.05. The number of halogens is 1. The average Bonchev–Trinajstić information content (AvgIpc) is 2.09. The van der Waals surface area contributed by atoms with Crippen LogP contribution in [0.3, 0.4) is 0 Å². The number of phenolic OH excluding ortho intramolecular Hbond substituents is 1. The first-order chi connectivity index (χ1) is 6.54. The van der Waals surface area contributed by atoms with E-state index in [9.17, 15) is 10.2 Å². The SMILES string of the molecule is CCc1cc(Br)cc(CC(C)O)c1O. The van der Waals surface area contributed by atoms with Gasteiger partial charge in [0, 0.05) is 10.9 Å². The predicted molar refractivity (Wildman–Crippen MR) is 60.6 cm³/mol. The molecule has 1 unspecified atom stereocenters. The van der Waals surface area contributed by atoms with Crippen LogP contribution < -0.4 is 0 Å². The molecule has 0 heterocycles. The van der Waals surface area contributed by atoms with E-state index in [1.165, 1.54) is 0 Å². The molecule has 0 aliphatic carbocycles. The second kappa shape index (κ2) is 4.80. The van der Waals surface area contributed by atoms with Gasteiger partial charge in [-0.3, -0.25) is 0 Å². The number of hydrogen-bond donors (Lipinski definition) is 2. The normalized spacial score (nSPS) is 12.9. The number of aliphatic hydroxyl groups is 1. The van der Waals surface area contributed by atoms with Crippen LogP contribution in [0.25, 0.3) is 0 Å². The number of benzene rings is 1. The minimum absolute atomic E-state index is 0.316. The standard InChI is InChI=1S/C11H15BrO2/c1-3-8-5-10(12)6-9(11(8)14)4-7(2)13/h5-7,13-14H,3-4H2,1-2H3. The molecule has 0 amide bonds. The lowest BCUT2D eigenvalue weighted by atomic mass is 10.0. The summed E-state index contributed by atoms with van der Waals surface area (Å²) in [7, 11) is 0. The molecule has 2 nitrogen and oxygen atoms in total. The van der Waals surface area contributed by atoms with E-state index in [-0.39, 0.29) is 0 Å². The topological polar surface area (TPSA) is 40.5 Å². The molecule has 78 valence electrons.